The molecule has 3 N–H and O–H groups in total. The maximum atomic E-state index is 9.00. The molecule has 0 unspecified atom stereocenters. The number of benzene rings is 4. The number of carbonyl (C=O) groups is 1. The molecule has 0 aliphatic carbocycles. The molecule has 0 amide bonds. The molecule has 0 fully saturated rings. The number of rotatable bonds is 4. The van der Waals surface area contributed by atoms with E-state index in [1.807, 2.05) is 36.4 Å². The molecule has 45 heavy (non-hydrogen) atoms. The van der Waals surface area contributed by atoms with Crippen LogP contribution >= 0.6 is 23.1 Å². The summed E-state index contributed by atoms with van der Waals surface area (Å²) in [6.45, 7) is 7.34. The third kappa shape index (κ3) is 9.52. The van der Waals surface area contributed by atoms with Gasteiger partial charge in [0.2, 0.25) is 0 Å². The molecule has 0 bridgehead atoms. The molecule has 6 aromatic rings. The molecular weight excluding hydrogens is 646 g/mol. The Labute approximate surface area is 284 Å². The minimum absolute atomic E-state index is 0. The number of nitrogens with zero attached hydrogens (tertiary/aromatic N) is 2. The summed E-state index contributed by atoms with van der Waals surface area (Å²) in [5.74, 6) is 0.875. The molecule has 0 saturated heterocycles. The number of aromatic nitrogens is 2. The second-order valence-corrected chi connectivity index (χ2v) is 11.4. The van der Waals surface area contributed by atoms with E-state index in [-0.39, 0.29) is 31.9 Å². The third-order valence-corrected chi connectivity index (χ3v) is 7.99. The Hall–Kier alpha value is -3.95. The zero-order valence-corrected chi connectivity index (χ0v) is 27.5. The van der Waals surface area contributed by atoms with Crippen molar-refractivity contribution >= 4 is 54.9 Å². The first-order valence-corrected chi connectivity index (χ1v) is 14.7. The van der Waals surface area contributed by atoms with Crippen LogP contribution in [-0.4, -0.2) is 34.0 Å². The fourth-order valence-corrected chi connectivity index (χ4v) is 5.95. The number of ether oxygens (including phenoxy) is 2. The predicted octanol–water partition coefficient (Wildman–Crippen LogP) is 9.81. The van der Waals surface area contributed by atoms with Crippen molar-refractivity contribution in [2.24, 2.45) is 0 Å². The van der Waals surface area contributed by atoms with Crippen LogP contribution in [0.3, 0.4) is 0 Å². The van der Waals surface area contributed by atoms with Gasteiger partial charge in [-0.25, -0.2) is 0 Å². The average molecular weight is 688 g/mol. The number of aliphatic carboxylic acids is 1. The van der Waals surface area contributed by atoms with Crippen molar-refractivity contribution in [1.82, 2.24) is 8.75 Å². The van der Waals surface area contributed by atoms with E-state index in [0.717, 1.165) is 56.7 Å². The van der Waals surface area contributed by atoms with Crippen molar-refractivity contribution in [2.75, 3.05) is 20.0 Å². The molecule has 0 radical (unpaired) electrons. The summed E-state index contributed by atoms with van der Waals surface area (Å²) in [6, 6.07) is 24.6. The number of anilines is 1. The summed E-state index contributed by atoms with van der Waals surface area (Å²) < 4.78 is 22.4. The fraction of sp³-hybridized carbons (Fsp3) is 0.229. The Morgan fingerprint density at radius 3 is 1.51 bits per heavy atom. The van der Waals surface area contributed by atoms with Crippen LogP contribution < -0.4 is 15.2 Å². The van der Waals surface area contributed by atoms with E-state index < -0.39 is 5.97 Å². The first-order chi connectivity index (χ1) is 20.1. The van der Waals surface area contributed by atoms with Gasteiger partial charge in [0, 0.05) is 51.6 Å². The maximum Gasteiger partial charge on any atom is 0.300 e. The Morgan fingerprint density at radius 2 is 1.07 bits per heavy atom. The second-order valence-electron chi connectivity index (χ2n) is 9.74. The quantitative estimate of drug-likeness (QED) is 0.140. The monoisotopic (exact) mass is 687 g/mol. The van der Waals surface area contributed by atoms with Crippen molar-refractivity contribution in [2.45, 2.75) is 42.5 Å². The van der Waals surface area contributed by atoms with Gasteiger partial charge in [0.05, 0.1) is 35.0 Å². The van der Waals surface area contributed by atoms with E-state index in [4.69, 9.17) is 25.1 Å². The molecule has 4 aromatic carbocycles. The van der Waals surface area contributed by atoms with E-state index in [0.29, 0.717) is 0 Å². The summed E-state index contributed by atoms with van der Waals surface area (Å²) in [5, 5.41) is 9.70. The summed E-state index contributed by atoms with van der Waals surface area (Å²) in [6.07, 6.45) is 0. The Kier molecular flexibility index (Phi) is 15.2. The van der Waals surface area contributed by atoms with Gasteiger partial charge in [-0.05, 0) is 98.4 Å². The minimum Gasteiger partial charge on any atom is -0.496 e. The van der Waals surface area contributed by atoms with Crippen LogP contribution in [0, 0.1) is 20.8 Å². The van der Waals surface area contributed by atoms with Crippen LogP contribution in [0.1, 0.15) is 38.5 Å². The van der Waals surface area contributed by atoms with Gasteiger partial charge < -0.3 is 20.3 Å². The largest absolute Gasteiger partial charge is 0.496 e. The fourth-order valence-electron chi connectivity index (χ4n) is 4.41. The predicted molar refractivity (Wildman–Crippen MR) is 189 cm³/mol. The van der Waals surface area contributed by atoms with Crippen LogP contribution in [-0.2, 0) is 21.9 Å². The number of hydrogen-bond acceptors (Lipinski definition) is 8. The number of aryl methyl sites for hydroxylation is 3. The molecule has 240 valence electrons. The number of carboxylic acids is 1. The molecule has 0 atom stereocenters. The minimum atomic E-state index is -0.833. The van der Waals surface area contributed by atoms with Crippen molar-refractivity contribution in [3.63, 3.8) is 0 Å². The van der Waals surface area contributed by atoms with E-state index in [1.54, 1.807) is 14.2 Å². The molecule has 0 saturated carbocycles. The van der Waals surface area contributed by atoms with E-state index in [9.17, 15) is 0 Å². The average Bonchev–Trinajstić information content (AvgIpc) is 3.56. The van der Waals surface area contributed by atoms with Crippen molar-refractivity contribution in [3.05, 3.63) is 89.5 Å². The number of nitrogens with two attached hydrogens (primary N) is 1. The van der Waals surface area contributed by atoms with Gasteiger partial charge in [0.1, 0.15) is 11.5 Å². The zero-order chi connectivity index (χ0) is 30.4. The van der Waals surface area contributed by atoms with E-state index in [2.05, 4.69) is 65.9 Å². The Bertz CT molecular complexity index is 1730. The van der Waals surface area contributed by atoms with Gasteiger partial charge in [-0.1, -0.05) is 49.7 Å². The Balaban J connectivity index is 0.000000380. The van der Waals surface area contributed by atoms with Gasteiger partial charge in [-0.2, -0.15) is 8.75 Å². The number of fused-ring (bicyclic) bond motifs is 2. The molecule has 2 aromatic heterocycles. The summed E-state index contributed by atoms with van der Waals surface area (Å²) in [5.41, 5.74) is 14.3. The number of nitrogen functional groups attached to an aromatic ring is 1. The van der Waals surface area contributed by atoms with E-state index in [1.165, 1.54) is 49.8 Å². The molecule has 0 aliphatic heterocycles. The van der Waals surface area contributed by atoms with Gasteiger partial charge in [-0.3, -0.25) is 4.79 Å². The summed E-state index contributed by atoms with van der Waals surface area (Å²) in [4.78, 5) is 9.00. The maximum absolute atomic E-state index is 9.00. The summed E-state index contributed by atoms with van der Waals surface area (Å²) in [7, 11) is 3.38. The molecule has 7 nitrogen and oxygen atoms in total. The number of hydrogen-bond donors (Lipinski definition) is 2. The summed E-state index contributed by atoms with van der Waals surface area (Å²) >= 11 is 3.02. The normalized spacial score (nSPS) is 9.73. The zero-order valence-electron chi connectivity index (χ0n) is 24.7. The first kappa shape index (κ1) is 39.1. The smallest absolute Gasteiger partial charge is 0.300 e. The van der Waals surface area contributed by atoms with Gasteiger partial charge in [-0.15, -0.1) is 0 Å². The van der Waals surface area contributed by atoms with E-state index >= 15 is 0 Å². The van der Waals surface area contributed by atoms with Crippen LogP contribution in [0.15, 0.2) is 72.8 Å². The molecule has 0 spiro atoms. The molecule has 6 rings (SSSR count). The number of carboxylic acid groups (broad SMARTS) is 1. The molecule has 0 aliphatic rings. The molecular formula is C35H41FeN3O4S2. The molecule has 10 heteroatoms. The van der Waals surface area contributed by atoms with Crippen molar-refractivity contribution < 1.29 is 36.4 Å². The SMILES string of the molecule is C.C.CC(=O)O.COc1ccc(C)cc1-c1nsc2ccc(C)cc12.COc1ccc(C)cc1-c1nsc2ccc(N)cc12.[Fe]. The van der Waals surface area contributed by atoms with Gasteiger partial charge in [0.25, 0.3) is 5.97 Å². The molecule has 2 heterocycles. The van der Waals surface area contributed by atoms with Crippen LogP contribution in [0.25, 0.3) is 42.7 Å². The van der Waals surface area contributed by atoms with Crippen LogP contribution in [0.4, 0.5) is 5.69 Å². The van der Waals surface area contributed by atoms with Gasteiger partial charge in [0.15, 0.2) is 0 Å². The van der Waals surface area contributed by atoms with Crippen molar-refractivity contribution in [1.29, 1.82) is 0 Å². The number of methoxy groups -OCH3 is 2. The Morgan fingerprint density at radius 1 is 0.689 bits per heavy atom. The second kappa shape index (κ2) is 17.5. The van der Waals surface area contributed by atoms with Crippen molar-refractivity contribution in [3.8, 4) is 34.0 Å². The topological polar surface area (TPSA) is 108 Å². The van der Waals surface area contributed by atoms with Gasteiger partial charge >= 0.3 is 0 Å². The van der Waals surface area contributed by atoms with Crippen LogP contribution in [0.2, 0.25) is 0 Å². The third-order valence-electron chi connectivity index (χ3n) is 6.34. The standard InChI is InChI=1S/C16H15NOS.C15H14N2OS.C2H4O2.2CH4.Fe/c1-10-4-6-14(18-3)12(8-10)16-13-9-11(2)5-7-15(13)19-17-16;1-9-3-5-13(18-2)11(7-9)15-12-8-10(16)4-6-14(12)19-17-15;1-2(3)4;;;/h4-9H,1-3H3;3-8H,16H2,1-2H3;1H3,(H,3,4);2*1H4;. The van der Waals surface area contributed by atoms with Crippen LogP contribution in [0.5, 0.6) is 11.5 Å². The first-order valence-electron chi connectivity index (χ1n) is 13.1.